The molecule has 0 amide bonds. The Hall–Kier alpha value is -5.00. The number of nitrogens with zero attached hydrogens (tertiary/aromatic N) is 4. The van der Waals surface area contributed by atoms with Gasteiger partial charge in [0.15, 0.2) is 11.6 Å². The maximum absolute atomic E-state index is 7.53. The highest BCUT2D eigenvalue weighted by molar-refractivity contribution is 5.57. The first kappa shape index (κ1) is 55.3. The lowest BCUT2D eigenvalue weighted by atomic mass is 9.95. The molecule has 0 bridgehead atoms. The topological polar surface area (TPSA) is 60.8 Å². The Morgan fingerprint density at radius 2 is 0.521 bits per heavy atom. The van der Waals surface area contributed by atoms with Gasteiger partial charge in [-0.15, -0.1) is 0 Å². The maximum Gasteiger partial charge on any atom is 0.159 e. The van der Waals surface area contributed by atoms with E-state index in [2.05, 4.69) is 125 Å². The van der Waals surface area contributed by atoms with Crippen LogP contribution in [0.1, 0.15) is 239 Å². The van der Waals surface area contributed by atoms with Crippen molar-refractivity contribution in [1.29, 1.82) is 0 Å². The van der Waals surface area contributed by atoms with Crippen molar-refractivity contribution >= 4 is 0 Å². The van der Waals surface area contributed by atoms with Crippen LogP contribution >= 0.6 is 0 Å². The molecule has 380 valence electrons. The molecule has 2 aromatic heterocycles. The Morgan fingerprint density at radius 3 is 0.803 bits per heavy atom. The minimum atomic E-state index is -0.317. The van der Waals surface area contributed by atoms with E-state index in [1.807, 2.05) is 24.8 Å². The number of benzene rings is 4. The summed E-state index contributed by atoms with van der Waals surface area (Å²) >= 11 is 0. The van der Waals surface area contributed by atoms with Crippen molar-refractivity contribution in [3.63, 3.8) is 0 Å². The third-order valence-electron chi connectivity index (χ3n) is 14.5. The van der Waals surface area contributed by atoms with Gasteiger partial charge in [0.25, 0.3) is 0 Å². The normalized spacial score (nSPS) is 12.3. The number of hydrogen-bond donors (Lipinski definition) is 0. The molecule has 4 aromatic carbocycles. The van der Waals surface area contributed by atoms with Gasteiger partial charge in [-0.3, -0.25) is 0 Å². The van der Waals surface area contributed by atoms with Crippen molar-refractivity contribution in [2.75, 3.05) is 0 Å². The van der Waals surface area contributed by atoms with Crippen molar-refractivity contribution in [3.8, 4) is 22.8 Å². The largest absolute Gasteiger partial charge is 0.356 e. The van der Waals surface area contributed by atoms with Gasteiger partial charge in [0, 0.05) is 35.9 Å². The second-order valence-electron chi connectivity index (χ2n) is 20.5. The molecule has 0 fully saturated rings. The molecule has 5 heteroatoms. The molecule has 2 unspecified atom stereocenters. The number of rotatable bonds is 36. The average molecular weight is 955 g/mol. The van der Waals surface area contributed by atoms with Crippen LogP contribution in [0.3, 0.4) is 0 Å². The van der Waals surface area contributed by atoms with E-state index in [1.165, 1.54) is 176 Å². The van der Waals surface area contributed by atoms with Crippen LogP contribution in [-0.4, -0.2) is 19.9 Å². The van der Waals surface area contributed by atoms with Crippen LogP contribution in [0.5, 0.6) is 0 Å². The highest BCUT2D eigenvalue weighted by Gasteiger charge is 2.24. The third kappa shape index (κ3) is 19.5. The molecular weight excluding hydrogens is 865 g/mol. The highest BCUT2D eigenvalue weighted by atomic mass is 16.5. The summed E-state index contributed by atoms with van der Waals surface area (Å²) in [5, 5.41) is 0. The van der Waals surface area contributed by atoms with E-state index in [0.717, 1.165) is 70.7 Å². The lowest BCUT2D eigenvalue weighted by molar-refractivity contribution is 0.0308. The van der Waals surface area contributed by atoms with Gasteiger partial charge in [0.2, 0.25) is 0 Å². The molecule has 0 aliphatic heterocycles. The van der Waals surface area contributed by atoms with Gasteiger partial charge in [-0.05, 0) is 95.9 Å². The Balaban J connectivity index is 1.23. The smallest absolute Gasteiger partial charge is 0.159 e. The molecule has 5 nitrogen and oxygen atoms in total. The second kappa shape index (κ2) is 32.9. The fourth-order valence-corrected chi connectivity index (χ4v) is 9.87. The zero-order valence-electron chi connectivity index (χ0n) is 44.7. The molecule has 0 N–H and O–H groups in total. The van der Waals surface area contributed by atoms with E-state index in [9.17, 15) is 0 Å². The molecule has 0 saturated carbocycles. The van der Waals surface area contributed by atoms with Crippen LogP contribution in [0.15, 0.2) is 122 Å². The molecule has 0 radical (unpaired) electrons. The molecule has 0 spiro atoms. The molecular formula is C66H90N4O. The summed E-state index contributed by atoms with van der Waals surface area (Å²) in [5.74, 6) is 1.52. The van der Waals surface area contributed by atoms with Crippen molar-refractivity contribution in [3.05, 3.63) is 166 Å². The van der Waals surface area contributed by atoms with Crippen LogP contribution < -0.4 is 0 Å². The summed E-state index contributed by atoms with van der Waals surface area (Å²) in [7, 11) is 0. The predicted octanol–water partition coefficient (Wildman–Crippen LogP) is 19.1. The molecule has 6 rings (SSSR count). The van der Waals surface area contributed by atoms with Crippen molar-refractivity contribution in [2.24, 2.45) is 0 Å². The second-order valence-corrected chi connectivity index (χ2v) is 20.5. The average Bonchev–Trinajstić information content (AvgIpc) is 3.42. The minimum Gasteiger partial charge on any atom is -0.356 e. The number of aromatic nitrogens is 4. The quantitative estimate of drug-likeness (QED) is 0.0367. The van der Waals surface area contributed by atoms with E-state index in [4.69, 9.17) is 24.7 Å². The number of aryl methyl sites for hydroxylation is 4. The molecule has 2 heterocycles. The summed E-state index contributed by atoms with van der Waals surface area (Å²) in [6.07, 6.45) is 42.9. The van der Waals surface area contributed by atoms with E-state index in [-0.39, 0.29) is 12.2 Å². The van der Waals surface area contributed by atoms with E-state index >= 15 is 0 Å². The van der Waals surface area contributed by atoms with E-state index < -0.39 is 0 Å². The van der Waals surface area contributed by atoms with Crippen LogP contribution in [0.2, 0.25) is 0 Å². The number of ether oxygens (including phenoxy) is 1. The van der Waals surface area contributed by atoms with Gasteiger partial charge >= 0.3 is 0 Å². The Labute approximate surface area is 431 Å². The first-order valence-corrected chi connectivity index (χ1v) is 28.7. The summed E-state index contributed by atoms with van der Waals surface area (Å²) in [4.78, 5) is 19.4. The molecule has 2 atom stereocenters. The van der Waals surface area contributed by atoms with Crippen LogP contribution in [0.25, 0.3) is 22.8 Å². The third-order valence-corrected chi connectivity index (χ3v) is 14.5. The van der Waals surface area contributed by atoms with Gasteiger partial charge in [0.05, 0.1) is 0 Å². The maximum atomic E-state index is 7.53. The summed E-state index contributed by atoms with van der Waals surface area (Å²) < 4.78 is 7.53. The zero-order chi connectivity index (χ0) is 49.6. The van der Waals surface area contributed by atoms with Crippen LogP contribution in [-0.2, 0) is 30.4 Å². The fourth-order valence-electron chi connectivity index (χ4n) is 9.87. The van der Waals surface area contributed by atoms with Gasteiger partial charge < -0.3 is 4.74 Å². The Bertz CT molecular complexity index is 2100. The lowest BCUT2D eigenvalue weighted by Crippen LogP contribution is -2.14. The summed E-state index contributed by atoms with van der Waals surface area (Å²) in [6, 6.07) is 36.0. The van der Waals surface area contributed by atoms with E-state index in [1.54, 1.807) is 0 Å². The Kier molecular flexibility index (Phi) is 25.6. The first-order chi connectivity index (χ1) is 35.1. The standard InChI is InChI=1S/C66H90N4O/c1-5-9-13-17-19-23-27-31-55-49-67-65(68-50-55)61-45-41-59(42-46-61)63(57-37-33-53(34-38-57)29-25-21-15-11-7-3)71-64(58-39-35-54(36-40-58)30-26-22-16-12-8-4)60-43-47-62(48-44-60)66-69-51-56(52-70-66)32-28-24-20-18-14-10-6-2/h33-52,63-64H,5-32H2,1-4H3. The SMILES string of the molecule is CCCCCCCCCc1cnc(-c2ccc(C(OC(c3ccc(CCCCCCC)cc3)c3ccc(-c4ncc(CCCCCCCCC)cn4)cc3)c3ccc(CCCCCCC)cc3)cc2)nc1. The first-order valence-electron chi connectivity index (χ1n) is 28.7. The highest BCUT2D eigenvalue weighted by Crippen LogP contribution is 2.38. The summed E-state index contributed by atoms with van der Waals surface area (Å²) in [5.41, 5.74) is 11.7. The lowest BCUT2D eigenvalue weighted by Gasteiger charge is -2.27. The Morgan fingerprint density at radius 1 is 0.282 bits per heavy atom. The van der Waals surface area contributed by atoms with Gasteiger partial charge in [-0.1, -0.05) is 253 Å². The molecule has 0 aliphatic carbocycles. The number of hydrogen-bond acceptors (Lipinski definition) is 5. The van der Waals surface area contributed by atoms with Gasteiger partial charge in [0.1, 0.15) is 12.2 Å². The summed E-state index contributed by atoms with van der Waals surface area (Å²) in [6.45, 7) is 9.12. The van der Waals surface area contributed by atoms with Crippen molar-refractivity contribution < 1.29 is 4.74 Å². The van der Waals surface area contributed by atoms with Crippen molar-refractivity contribution in [1.82, 2.24) is 19.9 Å². The molecule has 0 aliphatic rings. The van der Waals surface area contributed by atoms with E-state index in [0.29, 0.717) is 0 Å². The fraction of sp³-hybridized carbons (Fsp3) is 0.515. The van der Waals surface area contributed by atoms with Gasteiger partial charge in [-0.2, -0.15) is 0 Å². The van der Waals surface area contributed by atoms with Gasteiger partial charge in [-0.25, -0.2) is 19.9 Å². The van der Waals surface area contributed by atoms with Crippen molar-refractivity contribution in [2.45, 2.75) is 220 Å². The minimum absolute atomic E-state index is 0.317. The molecule has 6 aromatic rings. The monoisotopic (exact) mass is 955 g/mol. The van der Waals surface area contributed by atoms with Crippen LogP contribution in [0, 0.1) is 0 Å². The van der Waals surface area contributed by atoms with Crippen LogP contribution in [0.4, 0.5) is 0 Å². The molecule has 0 saturated heterocycles. The number of unbranched alkanes of at least 4 members (excludes halogenated alkanes) is 20. The zero-order valence-corrected chi connectivity index (χ0v) is 44.7. The molecule has 71 heavy (non-hydrogen) atoms. The predicted molar refractivity (Wildman–Crippen MR) is 301 cm³/mol.